The monoisotopic (exact) mass is 685 g/mol. The molecule has 1 heterocycles. The van der Waals surface area contributed by atoms with Crippen molar-refractivity contribution in [3.05, 3.63) is 90.2 Å². The number of hydrazine groups is 1. The van der Waals surface area contributed by atoms with Crippen LogP contribution in [0.5, 0.6) is 11.5 Å². The van der Waals surface area contributed by atoms with E-state index in [1.165, 1.54) is 6.07 Å². The number of thiocarbonyl (C=S) groups is 1. The number of thioether (sulfide) groups is 1. The molecule has 3 amide bonds. The molecule has 202 valence electrons. The summed E-state index contributed by atoms with van der Waals surface area (Å²) in [5.74, 6) is 0.547. The number of urea groups is 1. The highest BCUT2D eigenvalue weighted by atomic mass is 79.9. The molecule has 0 saturated carbocycles. The van der Waals surface area contributed by atoms with Crippen molar-refractivity contribution in [2.24, 2.45) is 0 Å². The van der Waals surface area contributed by atoms with Crippen LogP contribution in [-0.2, 0) is 11.4 Å². The molecule has 0 bridgehead atoms. The molecule has 0 aliphatic carbocycles. The largest absolute Gasteiger partial charge is 0.490 e. The maximum absolute atomic E-state index is 13.0. The number of anilines is 1. The van der Waals surface area contributed by atoms with E-state index in [1.54, 1.807) is 42.5 Å². The summed E-state index contributed by atoms with van der Waals surface area (Å²) >= 11 is 27.8. The molecule has 3 aromatic carbocycles. The fourth-order valence-electron chi connectivity index (χ4n) is 3.36. The molecule has 0 atom stereocenters. The molecule has 13 heteroatoms. The average molecular weight is 688 g/mol. The lowest BCUT2D eigenvalue weighted by molar-refractivity contribution is -0.123. The Morgan fingerprint density at radius 2 is 1.82 bits per heavy atom. The Kier molecular flexibility index (Phi) is 10.0. The van der Waals surface area contributed by atoms with E-state index in [0.717, 1.165) is 22.3 Å². The third kappa shape index (κ3) is 7.59. The van der Waals surface area contributed by atoms with Gasteiger partial charge in [0.15, 0.2) is 15.8 Å². The van der Waals surface area contributed by atoms with Crippen LogP contribution in [0.3, 0.4) is 0 Å². The van der Waals surface area contributed by atoms with Gasteiger partial charge in [0.1, 0.15) is 6.61 Å². The molecular formula is C26H19BrCl3N3O4S2. The van der Waals surface area contributed by atoms with E-state index < -0.39 is 11.9 Å². The first-order valence-electron chi connectivity index (χ1n) is 11.3. The van der Waals surface area contributed by atoms with E-state index in [9.17, 15) is 9.59 Å². The molecule has 1 aliphatic heterocycles. The Morgan fingerprint density at radius 1 is 1.08 bits per heavy atom. The Hall–Kier alpha value is -2.47. The summed E-state index contributed by atoms with van der Waals surface area (Å²) in [7, 11) is 0. The Labute approximate surface area is 257 Å². The smallest absolute Gasteiger partial charge is 0.338 e. The average Bonchev–Trinajstić information content (AvgIpc) is 3.14. The predicted octanol–water partition coefficient (Wildman–Crippen LogP) is 8.32. The van der Waals surface area contributed by atoms with Crippen molar-refractivity contribution < 1.29 is 19.1 Å². The summed E-state index contributed by atoms with van der Waals surface area (Å²) in [5.41, 5.74) is 4.47. The molecule has 1 saturated heterocycles. The first-order valence-corrected chi connectivity index (χ1v) is 14.4. The minimum atomic E-state index is -0.672. The number of carbonyl (C=O) groups excluding carboxylic acids is 2. The van der Waals surface area contributed by atoms with Crippen LogP contribution < -0.4 is 20.2 Å². The lowest BCUT2D eigenvalue weighted by atomic mass is 10.1. The zero-order chi connectivity index (χ0) is 28.1. The summed E-state index contributed by atoms with van der Waals surface area (Å²) in [4.78, 5) is 25.8. The highest BCUT2D eigenvalue weighted by molar-refractivity contribution is 9.10. The molecule has 2 N–H and O–H groups in total. The summed E-state index contributed by atoms with van der Waals surface area (Å²) in [6.07, 6.45) is 1.66. The quantitative estimate of drug-likeness (QED) is 0.183. The van der Waals surface area contributed by atoms with Gasteiger partial charge in [-0.1, -0.05) is 58.7 Å². The van der Waals surface area contributed by atoms with Crippen LogP contribution in [-0.4, -0.2) is 27.9 Å². The second kappa shape index (κ2) is 13.3. The molecule has 0 aromatic heterocycles. The number of amides is 3. The van der Waals surface area contributed by atoms with Gasteiger partial charge < -0.3 is 14.8 Å². The third-order valence-electron chi connectivity index (χ3n) is 5.11. The van der Waals surface area contributed by atoms with Crippen LogP contribution in [0.4, 0.5) is 10.5 Å². The van der Waals surface area contributed by atoms with Gasteiger partial charge in [0.25, 0.3) is 5.91 Å². The maximum Gasteiger partial charge on any atom is 0.338 e. The normalized spacial score (nSPS) is 14.1. The molecule has 39 heavy (non-hydrogen) atoms. The molecule has 7 nitrogen and oxygen atoms in total. The molecule has 0 spiro atoms. The minimum absolute atomic E-state index is 0.169. The van der Waals surface area contributed by atoms with Gasteiger partial charge in [0, 0.05) is 10.7 Å². The van der Waals surface area contributed by atoms with Crippen LogP contribution in [0.1, 0.15) is 18.1 Å². The minimum Gasteiger partial charge on any atom is -0.490 e. The third-order valence-corrected chi connectivity index (χ3v) is 7.99. The summed E-state index contributed by atoms with van der Waals surface area (Å²) < 4.78 is 12.6. The van der Waals surface area contributed by atoms with Crippen molar-refractivity contribution >= 4 is 103 Å². The van der Waals surface area contributed by atoms with Crippen LogP contribution in [0.2, 0.25) is 15.1 Å². The Balaban J connectivity index is 1.48. The highest BCUT2D eigenvalue weighted by Gasteiger charge is 2.34. The van der Waals surface area contributed by atoms with E-state index in [2.05, 4.69) is 26.7 Å². The summed E-state index contributed by atoms with van der Waals surface area (Å²) in [5, 5.41) is 4.86. The zero-order valence-electron chi connectivity index (χ0n) is 20.1. The molecule has 1 fully saturated rings. The second-order valence-electron chi connectivity index (χ2n) is 7.89. The highest BCUT2D eigenvalue weighted by Crippen LogP contribution is 2.39. The van der Waals surface area contributed by atoms with E-state index in [0.29, 0.717) is 55.4 Å². The fraction of sp³-hybridized carbons (Fsp3) is 0.115. The number of halogens is 4. The van der Waals surface area contributed by atoms with Crippen molar-refractivity contribution in [1.82, 2.24) is 10.4 Å². The molecule has 0 radical (unpaired) electrons. The molecule has 1 aliphatic rings. The topological polar surface area (TPSA) is 79.9 Å². The number of hydrogen-bond donors (Lipinski definition) is 2. The number of carbonyl (C=O) groups is 2. The number of hydrogen-bond acceptors (Lipinski definition) is 6. The van der Waals surface area contributed by atoms with E-state index in [-0.39, 0.29) is 9.34 Å². The predicted molar refractivity (Wildman–Crippen MR) is 165 cm³/mol. The standard InChI is InChI=1S/C26H19BrCl3N3O4S2/c1-2-36-21-10-15(9-18(27)23(21)37-13-14-3-5-16(28)6-4-14)11-22-24(34)33(26(38)39-22)32-25(35)31-17-7-8-19(29)20(30)12-17/h3-12H,2,13H2,1H3,(H2,31,32,35)/b22-11+. The van der Waals surface area contributed by atoms with E-state index >= 15 is 0 Å². The molecule has 3 aromatic rings. The first kappa shape index (κ1) is 29.5. The summed E-state index contributed by atoms with van der Waals surface area (Å²) in [6.45, 7) is 2.58. The van der Waals surface area contributed by atoms with Gasteiger partial charge in [-0.15, -0.1) is 0 Å². The molecule has 0 unspecified atom stereocenters. The fourth-order valence-corrected chi connectivity index (χ4v) is 5.54. The lowest BCUT2D eigenvalue weighted by Gasteiger charge is -2.16. The van der Waals surface area contributed by atoms with Crippen molar-refractivity contribution in [2.45, 2.75) is 13.5 Å². The number of benzene rings is 3. The van der Waals surface area contributed by atoms with Crippen LogP contribution in [0.15, 0.2) is 64.0 Å². The van der Waals surface area contributed by atoms with Crippen LogP contribution in [0.25, 0.3) is 6.08 Å². The summed E-state index contributed by atoms with van der Waals surface area (Å²) in [6, 6.07) is 14.9. The SMILES string of the molecule is CCOc1cc(/C=C2/SC(=S)N(NC(=O)Nc3ccc(Cl)c(Cl)c3)C2=O)cc(Br)c1OCc1ccc(Cl)cc1. The lowest BCUT2D eigenvalue weighted by Crippen LogP contribution is -2.46. The molecular weight excluding hydrogens is 669 g/mol. The van der Waals surface area contributed by atoms with Gasteiger partial charge >= 0.3 is 6.03 Å². The van der Waals surface area contributed by atoms with E-state index in [4.69, 9.17) is 56.5 Å². The number of ether oxygens (including phenoxy) is 2. The van der Waals surface area contributed by atoms with Gasteiger partial charge in [0.2, 0.25) is 0 Å². The maximum atomic E-state index is 13.0. The first-order chi connectivity index (χ1) is 18.6. The number of nitrogens with zero attached hydrogens (tertiary/aromatic N) is 1. The Bertz CT molecular complexity index is 1470. The number of nitrogens with one attached hydrogen (secondary N) is 2. The van der Waals surface area contributed by atoms with Gasteiger partial charge in [0.05, 0.1) is 26.0 Å². The molecule has 4 rings (SSSR count). The number of rotatable bonds is 8. The Morgan fingerprint density at radius 3 is 2.51 bits per heavy atom. The van der Waals surface area contributed by atoms with Crippen LogP contribution >= 0.6 is 74.7 Å². The van der Waals surface area contributed by atoms with Gasteiger partial charge in [-0.2, -0.15) is 5.01 Å². The van der Waals surface area contributed by atoms with Crippen LogP contribution in [0, 0.1) is 0 Å². The van der Waals surface area contributed by atoms with Gasteiger partial charge in [-0.3, -0.25) is 4.79 Å². The second-order valence-corrected chi connectivity index (χ2v) is 11.7. The van der Waals surface area contributed by atoms with Gasteiger partial charge in [-0.05, 0) is 94.7 Å². The van der Waals surface area contributed by atoms with E-state index in [1.807, 2.05) is 19.1 Å². The van der Waals surface area contributed by atoms with Gasteiger partial charge in [-0.25, -0.2) is 10.2 Å². The van der Waals surface area contributed by atoms with Crippen molar-refractivity contribution in [3.63, 3.8) is 0 Å². The van der Waals surface area contributed by atoms with Crippen molar-refractivity contribution in [3.8, 4) is 11.5 Å². The zero-order valence-corrected chi connectivity index (χ0v) is 25.6. The van der Waals surface area contributed by atoms with Crippen molar-refractivity contribution in [2.75, 3.05) is 11.9 Å². The van der Waals surface area contributed by atoms with Crippen molar-refractivity contribution in [1.29, 1.82) is 0 Å².